The van der Waals surface area contributed by atoms with Crippen LogP contribution in [0.4, 0.5) is 4.39 Å². The summed E-state index contributed by atoms with van der Waals surface area (Å²) in [6.07, 6.45) is 2.81. The molecule has 0 aliphatic rings. The van der Waals surface area contributed by atoms with Gasteiger partial charge in [0.2, 0.25) is 10.0 Å². The fourth-order valence-corrected chi connectivity index (χ4v) is 3.44. The number of nitrogens with two attached hydrogens (primary N) is 1. The van der Waals surface area contributed by atoms with Crippen LogP contribution in [-0.2, 0) is 16.6 Å². The van der Waals surface area contributed by atoms with Crippen molar-refractivity contribution in [3.63, 3.8) is 0 Å². The Bertz CT molecular complexity index is 571. The first-order valence-corrected chi connectivity index (χ1v) is 8.75. The van der Waals surface area contributed by atoms with Crippen molar-refractivity contribution in [1.29, 1.82) is 0 Å². The minimum atomic E-state index is -3.69. The SMILES string of the molecule is Cc1c(F)cc(CN)cc1S(=O)(=O)NCCCCC(C)C. The molecule has 6 heteroatoms. The molecule has 0 fully saturated rings. The van der Waals surface area contributed by atoms with Crippen molar-refractivity contribution in [3.8, 4) is 0 Å². The quantitative estimate of drug-likeness (QED) is 0.724. The third-order valence-corrected chi connectivity index (χ3v) is 4.97. The fourth-order valence-electron chi connectivity index (χ4n) is 2.07. The molecule has 120 valence electrons. The van der Waals surface area contributed by atoms with Gasteiger partial charge in [-0.2, -0.15) is 0 Å². The van der Waals surface area contributed by atoms with Crippen molar-refractivity contribution < 1.29 is 12.8 Å². The van der Waals surface area contributed by atoms with E-state index in [0.29, 0.717) is 18.0 Å². The number of benzene rings is 1. The van der Waals surface area contributed by atoms with Gasteiger partial charge in [0.05, 0.1) is 4.90 Å². The van der Waals surface area contributed by atoms with Crippen LogP contribution in [0.15, 0.2) is 17.0 Å². The van der Waals surface area contributed by atoms with E-state index in [2.05, 4.69) is 18.6 Å². The summed E-state index contributed by atoms with van der Waals surface area (Å²) >= 11 is 0. The lowest BCUT2D eigenvalue weighted by Gasteiger charge is -2.12. The van der Waals surface area contributed by atoms with Crippen LogP contribution in [0.1, 0.15) is 44.2 Å². The smallest absolute Gasteiger partial charge is 0.240 e. The van der Waals surface area contributed by atoms with Crippen molar-refractivity contribution in [2.45, 2.75) is 51.5 Å². The standard InChI is InChI=1S/C15H25FN2O2S/c1-11(2)6-4-5-7-18-21(19,20)15-9-13(10-17)8-14(16)12(15)3/h8-9,11,18H,4-7,10,17H2,1-3H3. The monoisotopic (exact) mass is 316 g/mol. The molecule has 1 aromatic carbocycles. The van der Waals surface area contributed by atoms with Crippen LogP contribution in [0.5, 0.6) is 0 Å². The first-order chi connectivity index (χ1) is 9.77. The van der Waals surface area contributed by atoms with Crippen LogP contribution in [0.2, 0.25) is 0 Å². The molecule has 0 radical (unpaired) electrons. The molecule has 0 heterocycles. The molecule has 1 aromatic rings. The zero-order valence-electron chi connectivity index (χ0n) is 12.9. The van der Waals surface area contributed by atoms with Crippen LogP contribution >= 0.6 is 0 Å². The molecule has 0 aromatic heterocycles. The molecular formula is C15H25FN2O2S. The van der Waals surface area contributed by atoms with Gasteiger partial charge >= 0.3 is 0 Å². The number of unbranched alkanes of at least 4 members (excludes halogenated alkanes) is 1. The molecule has 21 heavy (non-hydrogen) atoms. The lowest BCUT2D eigenvalue weighted by Crippen LogP contribution is -2.26. The number of nitrogens with one attached hydrogen (secondary N) is 1. The van der Waals surface area contributed by atoms with E-state index in [4.69, 9.17) is 5.73 Å². The second kappa shape index (κ2) is 7.87. The number of sulfonamides is 1. The zero-order valence-corrected chi connectivity index (χ0v) is 13.8. The largest absolute Gasteiger partial charge is 0.326 e. The van der Waals surface area contributed by atoms with Gasteiger partial charge in [-0.05, 0) is 37.0 Å². The van der Waals surface area contributed by atoms with Crippen LogP contribution in [0.25, 0.3) is 0 Å². The maximum Gasteiger partial charge on any atom is 0.240 e. The van der Waals surface area contributed by atoms with Gasteiger partial charge in [-0.1, -0.05) is 26.7 Å². The number of hydrogen-bond donors (Lipinski definition) is 2. The normalized spacial score (nSPS) is 12.1. The first-order valence-electron chi connectivity index (χ1n) is 7.26. The summed E-state index contributed by atoms with van der Waals surface area (Å²) in [5.74, 6) is 0.0670. The van der Waals surface area contributed by atoms with Gasteiger partial charge in [-0.3, -0.25) is 0 Å². The van der Waals surface area contributed by atoms with Gasteiger partial charge in [-0.15, -0.1) is 0 Å². The highest BCUT2D eigenvalue weighted by molar-refractivity contribution is 7.89. The molecule has 0 aliphatic heterocycles. The van der Waals surface area contributed by atoms with Crippen molar-refractivity contribution in [2.75, 3.05) is 6.54 Å². The molecule has 0 spiro atoms. The van der Waals surface area contributed by atoms with Gasteiger partial charge in [0.25, 0.3) is 0 Å². The van der Waals surface area contributed by atoms with Gasteiger partial charge < -0.3 is 5.73 Å². The Morgan fingerprint density at radius 2 is 1.95 bits per heavy atom. The van der Waals surface area contributed by atoms with Crippen LogP contribution in [0.3, 0.4) is 0 Å². The molecule has 3 N–H and O–H groups in total. The van der Waals surface area contributed by atoms with Crippen LogP contribution in [0, 0.1) is 18.7 Å². The summed E-state index contributed by atoms with van der Waals surface area (Å²) in [5.41, 5.74) is 6.06. The van der Waals surface area contributed by atoms with E-state index in [1.807, 2.05) is 0 Å². The summed E-state index contributed by atoms with van der Waals surface area (Å²) in [5, 5.41) is 0. The molecule has 0 saturated heterocycles. The van der Waals surface area contributed by atoms with Crippen molar-refractivity contribution in [2.24, 2.45) is 11.7 Å². The fraction of sp³-hybridized carbons (Fsp3) is 0.600. The molecular weight excluding hydrogens is 291 g/mol. The van der Waals surface area contributed by atoms with E-state index in [-0.39, 0.29) is 17.0 Å². The van der Waals surface area contributed by atoms with E-state index < -0.39 is 15.8 Å². The molecule has 0 bridgehead atoms. The van der Waals surface area contributed by atoms with E-state index in [1.165, 1.54) is 19.1 Å². The molecule has 0 unspecified atom stereocenters. The lowest BCUT2D eigenvalue weighted by molar-refractivity contribution is 0.530. The van der Waals surface area contributed by atoms with Gasteiger partial charge in [-0.25, -0.2) is 17.5 Å². The highest BCUT2D eigenvalue weighted by Crippen LogP contribution is 2.20. The Morgan fingerprint density at radius 3 is 2.52 bits per heavy atom. The minimum Gasteiger partial charge on any atom is -0.326 e. The predicted octanol–water partition coefficient (Wildman–Crippen LogP) is 2.70. The number of halogens is 1. The summed E-state index contributed by atoms with van der Waals surface area (Å²) in [7, 11) is -3.69. The first kappa shape index (κ1) is 18.1. The van der Waals surface area contributed by atoms with Gasteiger partial charge in [0, 0.05) is 18.7 Å². The zero-order chi connectivity index (χ0) is 16.0. The molecule has 0 atom stereocenters. The summed E-state index contributed by atoms with van der Waals surface area (Å²) in [6, 6.07) is 2.71. The van der Waals surface area contributed by atoms with Crippen molar-refractivity contribution in [3.05, 3.63) is 29.1 Å². The molecule has 0 amide bonds. The lowest BCUT2D eigenvalue weighted by atomic mass is 10.1. The number of rotatable bonds is 8. The Hall–Kier alpha value is -0.980. The Labute approximate surface area is 127 Å². The Morgan fingerprint density at radius 1 is 1.29 bits per heavy atom. The van der Waals surface area contributed by atoms with E-state index >= 15 is 0 Å². The van der Waals surface area contributed by atoms with E-state index in [0.717, 1.165) is 19.3 Å². The maximum absolute atomic E-state index is 13.7. The highest BCUT2D eigenvalue weighted by atomic mass is 32.2. The van der Waals surface area contributed by atoms with Crippen molar-refractivity contribution in [1.82, 2.24) is 4.72 Å². The van der Waals surface area contributed by atoms with Crippen LogP contribution in [-0.4, -0.2) is 15.0 Å². The van der Waals surface area contributed by atoms with Gasteiger partial charge in [0.1, 0.15) is 5.82 Å². The molecule has 0 aliphatic carbocycles. The average molecular weight is 316 g/mol. The highest BCUT2D eigenvalue weighted by Gasteiger charge is 2.19. The number of hydrogen-bond acceptors (Lipinski definition) is 3. The van der Waals surface area contributed by atoms with E-state index in [1.54, 1.807) is 0 Å². The molecule has 1 rings (SSSR count). The summed E-state index contributed by atoms with van der Waals surface area (Å²) < 4.78 is 40.8. The predicted molar refractivity (Wildman–Crippen MR) is 82.9 cm³/mol. The second-order valence-corrected chi connectivity index (χ2v) is 7.43. The van der Waals surface area contributed by atoms with Gasteiger partial charge in [0.15, 0.2) is 0 Å². The van der Waals surface area contributed by atoms with Crippen molar-refractivity contribution >= 4 is 10.0 Å². The summed E-state index contributed by atoms with van der Waals surface area (Å²) in [6.45, 7) is 6.20. The van der Waals surface area contributed by atoms with E-state index in [9.17, 15) is 12.8 Å². The third kappa shape index (κ3) is 5.37. The minimum absolute atomic E-state index is 0.0215. The van der Waals surface area contributed by atoms with Crippen LogP contribution < -0.4 is 10.5 Å². The Kier molecular flexibility index (Phi) is 6.77. The Balaban J connectivity index is 2.76. The average Bonchev–Trinajstić information content (AvgIpc) is 2.40. The second-order valence-electron chi connectivity index (χ2n) is 5.69. The molecule has 0 saturated carbocycles. The topological polar surface area (TPSA) is 72.2 Å². The third-order valence-electron chi connectivity index (χ3n) is 3.38. The summed E-state index contributed by atoms with van der Waals surface area (Å²) in [4.78, 5) is -0.0215. The molecule has 4 nitrogen and oxygen atoms in total. The maximum atomic E-state index is 13.7.